The largest absolute Gasteiger partial charge is 0.462 e. The third kappa shape index (κ3) is 28.4. The van der Waals surface area contributed by atoms with Crippen LogP contribution in [-0.2, 0) is 19.1 Å². The van der Waals surface area contributed by atoms with E-state index in [4.69, 9.17) is 9.47 Å². The van der Waals surface area contributed by atoms with Crippen molar-refractivity contribution in [2.24, 2.45) is 5.92 Å². The molecule has 5 heteroatoms. The average molecular weight is 569 g/mol. The quantitative estimate of drug-likeness (QED) is 0.0665. The van der Waals surface area contributed by atoms with E-state index in [1.807, 2.05) is 0 Å². The van der Waals surface area contributed by atoms with Crippen LogP contribution in [0.2, 0.25) is 0 Å². The fourth-order valence-electron chi connectivity index (χ4n) is 5.12. The van der Waals surface area contributed by atoms with Crippen LogP contribution >= 0.6 is 0 Å². The monoisotopic (exact) mass is 569 g/mol. The van der Waals surface area contributed by atoms with Crippen LogP contribution in [0.25, 0.3) is 0 Å². The van der Waals surface area contributed by atoms with Crippen molar-refractivity contribution in [2.75, 3.05) is 13.2 Å². The summed E-state index contributed by atoms with van der Waals surface area (Å²) < 4.78 is 10.6. The Hall–Kier alpha value is -1.10. The molecule has 0 aliphatic rings. The standard InChI is InChI=1S/C35H68O5/c1-4-6-7-8-9-10-11-12-13-14-15-20-23-26-29-35(38)40-33(30-36)31-39-34(37)28-25-22-19-17-16-18-21-24-27-32(3)5-2/h32-33,36H,4-31H2,1-3H3/t32?,33-/m0/s1. The first-order valence-corrected chi connectivity index (χ1v) is 17.5. The third-order valence-electron chi connectivity index (χ3n) is 8.19. The van der Waals surface area contributed by atoms with Crippen molar-refractivity contribution in [1.29, 1.82) is 0 Å². The maximum Gasteiger partial charge on any atom is 0.306 e. The van der Waals surface area contributed by atoms with E-state index in [1.54, 1.807) is 0 Å². The fourth-order valence-corrected chi connectivity index (χ4v) is 5.12. The van der Waals surface area contributed by atoms with Crippen LogP contribution < -0.4 is 0 Å². The molecule has 0 radical (unpaired) electrons. The van der Waals surface area contributed by atoms with E-state index >= 15 is 0 Å². The Labute approximate surface area is 248 Å². The molecule has 0 aromatic rings. The van der Waals surface area contributed by atoms with Gasteiger partial charge in [-0.05, 0) is 18.8 Å². The number of rotatable bonds is 31. The topological polar surface area (TPSA) is 72.8 Å². The van der Waals surface area contributed by atoms with Gasteiger partial charge in [-0.15, -0.1) is 0 Å². The summed E-state index contributed by atoms with van der Waals surface area (Å²) in [6, 6.07) is 0. The molecule has 0 spiro atoms. The van der Waals surface area contributed by atoms with Crippen molar-refractivity contribution in [1.82, 2.24) is 0 Å². The molecule has 0 aliphatic heterocycles. The zero-order chi connectivity index (χ0) is 29.5. The minimum Gasteiger partial charge on any atom is -0.462 e. The molecule has 238 valence electrons. The second-order valence-electron chi connectivity index (χ2n) is 12.2. The highest BCUT2D eigenvalue weighted by molar-refractivity contribution is 5.70. The van der Waals surface area contributed by atoms with Gasteiger partial charge >= 0.3 is 11.9 Å². The lowest BCUT2D eigenvalue weighted by atomic mass is 9.99. The normalized spacial score (nSPS) is 12.8. The first-order chi connectivity index (χ1) is 19.5. The summed E-state index contributed by atoms with van der Waals surface area (Å²) in [5, 5.41) is 9.50. The van der Waals surface area contributed by atoms with E-state index in [0.717, 1.165) is 44.4 Å². The first-order valence-electron chi connectivity index (χ1n) is 17.5. The summed E-state index contributed by atoms with van der Waals surface area (Å²) >= 11 is 0. The van der Waals surface area contributed by atoms with Gasteiger partial charge in [0, 0.05) is 12.8 Å². The molecule has 1 N–H and O–H groups in total. The molecule has 0 aliphatic carbocycles. The van der Waals surface area contributed by atoms with E-state index in [0.29, 0.717) is 12.8 Å². The molecule has 5 nitrogen and oxygen atoms in total. The Bertz CT molecular complexity index is 550. The smallest absolute Gasteiger partial charge is 0.306 e. The molecular formula is C35H68O5. The second kappa shape index (κ2) is 30.8. The maximum atomic E-state index is 12.1. The Morgan fingerprint density at radius 1 is 0.575 bits per heavy atom. The SMILES string of the molecule is CCCCCCCCCCCCCCCCC(=O)O[C@@H](CO)COC(=O)CCCCCCCCCCC(C)CC. The highest BCUT2D eigenvalue weighted by Crippen LogP contribution is 2.16. The van der Waals surface area contributed by atoms with Crippen LogP contribution in [0.5, 0.6) is 0 Å². The summed E-state index contributed by atoms with van der Waals surface area (Å²) in [7, 11) is 0. The van der Waals surface area contributed by atoms with Gasteiger partial charge in [-0.2, -0.15) is 0 Å². The van der Waals surface area contributed by atoms with E-state index in [9.17, 15) is 14.7 Å². The van der Waals surface area contributed by atoms with Crippen molar-refractivity contribution < 1.29 is 24.2 Å². The van der Waals surface area contributed by atoms with Gasteiger partial charge < -0.3 is 14.6 Å². The lowest BCUT2D eigenvalue weighted by molar-refractivity contribution is -0.161. The Morgan fingerprint density at radius 2 is 0.975 bits per heavy atom. The fraction of sp³-hybridized carbons (Fsp3) is 0.943. The van der Waals surface area contributed by atoms with Gasteiger partial charge in [0.2, 0.25) is 0 Å². The summed E-state index contributed by atoms with van der Waals surface area (Å²) in [4.78, 5) is 24.1. The van der Waals surface area contributed by atoms with Crippen LogP contribution in [-0.4, -0.2) is 36.4 Å². The lowest BCUT2D eigenvalue weighted by Gasteiger charge is -2.15. The molecule has 2 atom stereocenters. The number of carbonyl (C=O) groups excluding carboxylic acids is 2. The van der Waals surface area contributed by atoms with Gasteiger partial charge in [0.15, 0.2) is 6.10 Å². The van der Waals surface area contributed by atoms with Crippen molar-refractivity contribution >= 4 is 11.9 Å². The third-order valence-corrected chi connectivity index (χ3v) is 8.19. The zero-order valence-corrected chi connectivity index (χ0v) is 27.0. The van der Waals surface area contributed by atoms with Crippen LogP contribution in [0.1, 0.15) is 188 Å². The van der Waals surface area contributed by atoms with E-state index in [1.165, 1.54) is 116 Å². The van der Waals surface area contributed by atoms with E-state index in [-0.39, 0.29) is 25.2 Å². The van der Waals surface area contributed by atoms with Crippen molar-refractivity contribution in [3.63, 3.8) is 0 Å². The molecule has 0 heterocycles. The lowest BCUT2D eigenvalue weighted by Crippen LogP contribution is -2.28. The summed E-state index contributed by atoms with van der Waals surface area (Å²) in [6.07, 6.45) is 30.1. The van der Waals surface area contributed by atoms with Crippen molar-refractivity contribution in [2.45, 2.75) is 194 Å². The van der Waals surface area contributed by atoms with Gasteiger partial charge in [-0.25, -0.2) is 0 Å². The average Bonchev–Trinajstić information content (AvgIpc) is 2.96. The number of aliphatic hydroxyl groups excluding tert-OH is 1. The van der Waals surface area contributed by atoms with E-state index in [2.05, 4.69) is 20.8 Å². The highest BCUT2D eigenvalue weighted by atomic mass is 16.6. The van der Waals surface area contributed by atoms with E-state index < -0.39 is 6.10 Å². The summed E-state index contributed by atoms with van der Waals surface area (Å²) in [5.74, 6) is 0.277. The highest BCUT2D eigenvalue weighted by Gasteiger charge is 2.16. The van der Waals surface area contributed by atoms with Gasteiger partial charge in [-0.1, -0.05) is 162 Å². The predicted molar refractivity (Wildman–Crippen MR) is 168 cm³/mol. The number of unbranched alkanes of at least 4 members (excludes halogenated alkanes) is 20. The molecule has 0 rings (SSSR count). The first kappa shape index (κ1) is 38.9. The number of ether oxygens (including phenoxy) is 2. The van der Waals surface area contributed by atoms with Crippen molar-refractivity contribution in [3.05, 3.63) is 0 Å². The van der Waals surface area contributed by atoms with Gasteiger partial charge in [0.1, 0.15) is 6.61 Å². The molecule has 0 aromatic carbocycles. The van der Waals surface area contributed by atoms with Crippen molar-refractivity contribution in [3.8, 4) is 0 Å². The van der Waals surface area contributed by atoms with Crippen LogP contribution in [0.4, 0.5) is 0 Å². The van der Waals surface area contributed by atoms with Gasteiger partial charge in [0.05, 0.1) is 6.61 Å². The minimum atomic E-state index is -0.761. The zero-order valence-electron chi connectivity index (χ0n) is 27.0. The minimum absolute atomic E-state index is 0.0591. The number of aliphatic hydroxyl groups is 1. The molecule has 0 aromatic heterocycles. The Kier molecular flexibility index (Phi) is 30.0. The van der Waals surface area contributed by atoms with Gasteiger partial charge in [-0.3, -0.25) is 9.59 Å². The van der Waals surface area contributed by atoms with Gasteiger partial charge in [0.25, 0.3) is 0 Å². The second-order valence-corrected chi connectivity index (χ2v) is 12.2. The number of hydrogen-bond acceptors (Lipinski definition) is 5. The molecule has 0 bridgehead atoms. The summed E-state index contributed by atoms with van der Waals surface area (Å²) in [6.45, 7) is 6.48. The van der Waals surface area contributed by atoms with Crippen LogP contribution in [0.3, 0.4) is 0 Å². The maximum absolute atomic E-state index is 12.1. The number of carbonyl (C=O) groups is 2. The molecule has 0 amide bonds. The molecule has 0 fully saturated rings. The predicted octanol–water partition coefficient (Wildman–Crippen LogP) is 10.3. The molecule has 0 saturated heterocycles. The molecule has 1 unspecified atom stereocenters. The Morgan fingerprint density at radius 3 is 1.40 bits per heavy atom. The van der Waals surface area contributed by atoms with Crippen LogP contribution in [0, 0.1) is 5.92 Å². The molecule has 0 saturated carbocycles. The number of hydrogen-bond donors (Lipinski definition) is 1. The Balaban J connectivity index is 3.55. The number of esters is 2. The van der Waals surface area contributed by atoms with Crippen LogP contribution in [0.15, 0.2) is 0 Å². The molecule has 40 heavy (non-hydrogen) atoms. The molecular weight excluding hydrogens is 500 g/mol. The summed E-state index contributed by atoms with van der Waals surface area (Å²) in [5.41, 5.74) is 0.